The molecule has 0 bridgehead atoms. The van der Waals surface area contributed by atoms with Crippen LogP contribution in [0.1, 0.15) is 10.4 Å². The van der Waals surface area contributed by atoms with Crippen molar-refractivity contribution in [2.75, 3.05) is 19.5 Å². The van der Waals surface area contributed by atoms with Gasteiger partial charge in [0, 0.05) is 27.7 Å². The van der Waals surface area contributed by atoms with Crippen LogP contribution in [0.3, 0.4) is 0 Å². The highest BCUT2D eigenvalue weighted by atomic mass is 35.5. The molecule has 0 saturated heterocycles. The number of hydrogen-bond donors (Lipinski definition) is 1. The van der Waals surface area contributed by atoms with E-state index in [-0.39, 0.29) is 11.7 Å². The molecule has 36 heavy (non-hydrogen) atoms. The number of carbonyl (C=O) groups excluding carboxylic acids is 1. The molecule has 1 N–H and O–H groups in total. The summed E-state index contributed by atoms with van der Waals surface area (Å²) in [4.78, 5) is 17.1. The Balaban J connectivity index is 1.49. The molecule has 8 heteroatoms. The van der Waals surface area contributed by atoms with E-state index in [9.17, 15) is 9.18 Å². The summed E-state index contributed by atoms with van der Waals surface area (Å²) in [6, 6.07) is 20.7. The van der Waals surface area contributed by atoms with Crippen LogP contribution in [0.2, 0.25) is 5.02 Å². The third-order valence-corrected chi connectivity index (χ3v) is 5.95. The molecular formula is C28H20ClFN2O4. The Bertz CT molecular complexity index is 1610. The average Bonchev–Trinajstić information content (AvgIpc) is 2.90. The number of nitrogens with one attached hydrogen (secondary N) is 1. The summed E-state index contributed by atoms with van der Waals surface area (Å²) in [6.07, 6.45) is 1.10. The first kappa shape index (κ1) is 23.4. The zero-order valence-electron chi connectivity index (χ0n) is 19.3. The lowest BCUT2D eigenvalue weighted by molar-refractivity contribution is 0.102. The first-order valence-corrected chi connectivity index (χ1v) is 11.3. The fraction of sp³-hybridized carbons (Fsp3) is 0.0714. The van der Waals surface area contributed by atoms with Gasteiger partial charge in [-0.15, -0.1) is 0 Å². The summed E-state index contributed by atoms with van der Waals surface area (Å²) in [5.74, 6) is 0.438. The number of anilines is 1. The summed E-state index contributed by atoms with van der Waals surface area (Å²) in [5, 5.41) is 5.37. The lowest BCUT2D eigenvalue weighted by atomic mass is 10.0. The van der Waals surface area contributed by atoms with Crippen molar-refractivity contribution >= 4 is 44.9 Å². The van der Waals surface area contributed by atoms with Crippen LogP contribution < -0.4 is 19.5 Å². The van der Waals surface area contributed by atoms with E-state index in [4.69, 9.17) is 25.8 Å². The summed E-state index contributed by atoms with van der Waals surface area (Å²) >= 11 is 5.92. The number of aromatic nitrogens is 1. The third kappa shape index (κ3) is 4.48. The SMILES string of the molecule is COc1cc2ncc(F)c(Oc3ccc4c(C(=O)Nc5ccc(Cl)cc5)cccc4c3)c2cc1OC. The second-order valence-electron chi connectivity index (χ2n) is 7.91. The number of benzene rings is 4. The van der Waals surface area contributed by atoms with E-state index in [0.717, 1.165) is 17.0 Å². The molecule has 0 aliphatic carbocycles. The number of nitrogens with zero attached hydrogens (tertiary/aromatic N) is 1. The standard InChI is InChI=1S/C28H20ClFN2O4/c1-34-25-13-22-24(14-26(25)35-2)31-15-23(30)27(22)36-19-10-11-20-16(12-19)4-3-5-21(20)28(33)32-18-8-6-17(29)7-9-18/h3-15H,1-2H3,(H,32,33). The van der Waals surface area contributed by atoms with Crippen molar-refractivity contribution in [3.05, 3.63) is 95.4 Å². The maximum Gasteiger partial charge on any atom is 0.256 e. The molecule has 180 valence electrons. The van der Waals surface area contributed by atoms with Crippen molar-refractivity contribution in [3.63, 3.8) is 0 Å². The molecule has 0 aliphatic heterocycles. The molecule has 0 fully saturated rings. The number of ether oxygens (including phenoxy) is 3. The number of carbonyl (C=O) groups is 1. The fourth-order valence-corrected chi connectivity index (χ4v) is 4.07. The van der Waals surface area contributed by atoms with Gasteiger partial charge in [-0.3, -0.25) is 9.78 Å². The highest BCUT2D eigenvalue weighted by molar-refractivity contribution is 6.30. The van der Waals surface area contributed by atoms with Gasteiger partial charge in [-0.2, -0.15) is 0 Å². The van der Waals surface area contributed by atoms with Gasteiger partial charge in [-0.25, -0.2) is 4.39 Å². The van der Waals surface area contributed by atoms with E-state index in [0.29, 0.717) is 44.4 Å². The van der Waals surface area contributed by atoms with Crippen molar-refractivity contribution in [1.82, 2.24) is 4.98 Å². The number of fused-ring (bicyclic) bond motifs is 2. The van der Waals surface area contributed by atoms with Gasteiger partial charge in [-0.05, 0) is 65.4 Å². The lowest BCUT2D eigenvalue weighted by Gasteiger charge is -2.14. The van der Waals surface area contributed by atoms with Gasteiger partial charge < -0.3 is 19.5 Å². The molecule has 0 radical (unpaired) electrons. The maximum atomic E-state index is 14.8. The molecule has 0 unspecified atom stereocenters. The predicted octanol–water partition coefficient (Wildman–Crippen LogP) is 7.24. The minimum atomic E-state index is -0.620. The number of halogens is 2. The van der Waals surface area contributed by atoms with Crippen LogP contribution in [-0.2, 0) is 0 Å². The molecule has 5 rings (SSSR count). The summed E-state index contributed by atoms with van der Waals surface area (Å²) < 4.78 is 31.5. The van der Waals surface area contributed by atoms with Crippen molar-refractivity contribution in [2.24, 2.45) is 0 Å². The fourth-order valence-electron chi connectivity index (χ4n) is 3.95. The summed E-state index contributed by atoms with van der Waals surface area (Å²) in [5.41, 5.74) is 1.62. The van der Waals surface area contributed by atoms with Crippen LogP contribution in [0.15, 0.2) is 79.0 Å². The molecule has 4 aromatic carbocycles. The van der Waals surface area contributed by atoms with Gasteiger partial charge in [0.1, 0.15) is 5.75 Å². The van der Waals surface area contributed by atoms with Gasteiger partial charge in [0.25, 0.3) is 5.91 Å². The topological polar surface area (TPSA) is 69.7 Å². The largest absolute Gasteiger partial charge is 0.493 e. The Hall–Kier alpha value is -4.36. The average molecular weight is 503 g/mol. The van der Waals surface area contributed by atoms with Crippen molar-refractivity contribution in [2.45, 2.75) is 0 Å². The van der Waals surface area contributed by atoms with E-state index >= 15 is 0 Å². The first-order chi connectivity index (χ1) is 17.5. The van der Waals surface area contributed by atoms with Crippen LogP contribution in [0.25, 0.3) is 21.7 Å². The van der Waals surface area contributed by atoms with E-state index in [1.165, 1.54) is 14.2 Å². The quantitative estimate of drug-likeness (QED) is 0.265. The zero-order valence-corrected chi connectivity index (χ0v) is 20.1. The van der Waals surface area contributed by atoms with Gasteiger partial charge in [0.2, 0.25) is 0 Å². The smallest absolute Gasteiger partial charge is 0.256 e. The van der Waals surface area contributed by atoms with Crippen molar-refractivity contribution in [1.29, 1.82) is 0 Å². The van der Waals surface area contributed by atoms with Gasteiger partial charge in [0.05, 0.1) is 25.9 Å². The van der Waals surface area contributed by atoms with E-state index in [1.54, 1.807) is 66.7 Å². The Morgan fingerprint density at radius 3 is 2.42 bits per heavy atom. The molecule has 1 amide bonds. The van der Waals surface area contributed by atoms with E-state index in [1.807, 2.05) is 6.07 Å². The summed E-state index contributed by atoms with van der Waals surface area (Å²) in [7, 11) is 3.02. The van der Waals surface area contributed by atoms with E-state index in [2.05, 4.69) is 10.3 Å². The molecular weight excluding hydrogens is 483 g/mol. The van der Waals surface area contributed by atoms with Crippen LogP contribution in [0.4, 0.5) is 10.1 Å². The monoisotopic (exact) mass is 502 g/mol. The second kappa shape index (κ2) is 9.71. The first-order valence-electron chi connectivity index (χ1n) is 10.9. The highest BCUT2D eigenvalue weighted by Gasteiger charge is 2.17. The van der Waals surface area contributed by atoms with Crippen LogP contribution in [0, 0.1) is 5.82 Å². The Labute approximate surface area is 211 Å². The van der Waals surface area contributed by atoms with Crippen molar-refractivity contribution in [3.8, 4) is 23.0 Å². The van der Waals surface area contributed by atoms with Gasteiger partial charge in [-0.1, -0.05) is 23.7 Å². The van der Waals surface area contributed by atoms with Gasteiger partial charge in [0.15, 0.2) is 23.1 Å². The Morgan fingerprint density at radius 1 is 0.917 bits per heavy atom. The number of amides is 1. The molecule has 6 nitrogen and oxygen atoms in total. The molecule has 1 heterocycles. The molecule has 0 saturated carbocycles. The van der Waals surface area contributed by atoms with Gasteiger partial charge >= 0.3 is 0 Å². The number of methoxy groups -OCH3 is 2. The molecule has 1 aromatic heterocycles. The van der Waals surface area contributed by atoms with Crippen LogP contribution in [0.5, 0.6) is 23.0 Å². The third-order valence-electron chi connectivity index (χ3n) is 5.70. The Kier molecular flexibility index (Phi) is 6.31. The molecule has 0 spiro atoms. The number of rotatable bonds is 6. The van der Waals surface area contributed by atoms with Crippen LogP contribution >= 0.6 is 11.6 Å². The minimum Gasteiger partial charge on any atom is -0.493 e. The van der Waals surface area contributed by atoms with Crippen molar-refractivity contribution < 1.29 is 23.4 Å². The highest BCUT2D eigenvalue weighted by Crippen LogP contribution is 2.39. The number of pyridine rings is 1. The predicted molar refractivity (Wildman–Crippen MR) is 138 cm³/mol. The van der Waals surface area contributed by atoms with E-state index < -0.39 is 5.82 Å². The van der Waals surface area contributed by atoms with Crippen LogP contribution in [-0.4, -0.2) is 25.1 Å². The molecule has 5 aromatic rings. The lowest BCUT2D eigenvalue weighted by Crippen LogP contribution is -2.12. The normalized spacial score (nSPS) is 10.9. The molecule has 0 atom stereocenters. The zero-order chi connectivity index (χ0) is 25.2. The molecule has 0 aliphatic rings. The maximum absolute atomic E-state index is 14.8. The second-order valence-corrected chi connectivity index (χ2v) is 8.35. The number of hydrogen-bond acceptors (Lipinski definition) is 5. The summed E-state index contributed by atoms with van der Waals surface area (Å²) in [6.45, 7) is 0. The minimum absolute atomic E-state index is 0.0111. The Morgan fingerprint density at radius 2 is 1.67 bits per heavy atom.